The Morgan fingerprint density at radius 2 is 1.95 bits per heavy atom. The fourth-order valence-electron chi connectivity index (χ4n) is 1.77. The molecule has 0 spiro atoms. The van der Waals surface area contributed by atoms with Crippen molar-refractivity contribution in [2.45, 2.75) is 31.8 Å². The molecule has 0 unspecified atom stereocenters. The molecule has 0 aliphatic heterocycles. The predicted molar refractivity (Wildman–Crippen MR) is 66.3 cm³/mol. The molecule has 3 rings (SSSR count). The van der Waals surface area contributed by atoms with E-state index >= 15 is 0 Å². The van der Waals surface area contributed by atoms with Crippen LogP contribution in [0.2, 0.25) is 0 Å². The van der Waals surface area contributed by atoms with Gasteiger partial charge in [-0.3, -0.25) is 0 Å². The molecule has 8 heteroatoms. The van der Waals surface area contributed by atoms with E-state index in [1.165, 1.54) is 24.3 Å². The fraction of sp³-hybridized carbons (Fsp3) is 0.385. The minimum Gasteiger partial charge on any atom is -0.406 e. The lowest BCUT2D eigenvalue weighted by atomic mass is 10.2. The zero-order valence-electron chi connectivity index (χ0n) is 10.9. The highest BCUT2D eigenvalue weighted by molar-refractivity contribution is 5.54. The molecular weight excluding hydrogens is 287 g/mol. The van der Waals surface area contributed by atoms with Crippen LogP contribution < -0.4 is 10.1 Å². The Morgan fingerprint density at radius 1 is 1.24 bits per heavy atom. The number of benzene rings is 1. The summed E-state index contributed by atoms with van der Waals surface area (Å²) in [5.41, 5.74) is 0.537. The molecule has 0 radical (unpaired) electrons. The van der Waals surface area contributed by atoms with Gasteiger partial charge < -0.3 is 14.6 Å². The van der Waals surface area contributed by atoms with Crippen molar-refractivity contribution in [2.24, 2.45) is 0 Å². The van der Waals surface area contributed by atoms with Gasteiger partial charge in [-0.25, -0.2) is 0 Å². The van der Waals surface area contributed by atoms with Crippen LogP contribution in [0.4, 0.5) is 13.2 Å². The first kappa shape index (κ1) is 13.9. The van der Waals surface area contributed by atoms with Gasteiger partial charge in [0, 0.05) is 11.6 Å². The van der Waals surface area contributed by atoms with Crippen molar-refractivity contribution in [2.75, 3.05) is 0 Å². The third kappa shape index (κ3) is 3.94. The summed E-state index contributed by atoms with van der Waals surface area (Å²) < 4.78 is 45.0. The van der Waals surface area contributed by atoms with Crippen molar-refractivity contribution in [1.29, 1.82) is 0 Å². The summed E-state index contributed by atoms with van der Waals surface area (Å²) in [6.07, 6.45) is -2.38. The van der Waals surface area contributed by atoms with Crippen molar-refractivity contribution in [3.63, 3.8) is 0 Å². The average Bonchev–Trinajstić information content (AvgIpc) is 3.13. The van der Waals surface area contributed by atoms with E-state index in [9.17, 15) is 13.2 Å². The lowest BCUT2D eigenvalue weighted by molar-refractivity contribution is -0.274. The first-order chi connectivity index (χ1) is 9.99. The molecule has 1 aromatic carbocycles. The van der Waals surface area contributed by atoms with Crippen molar-refractivity contribution in [1.82, 2.24) is 15.5 Å². The number of nitrogens with zero attached hydrogens (tertiary/aromatic N) is 2. The van der Waals surface area contributed by atoms with Crippen molar-refractivity contribution >= 4 is 0 Å². The minimum absolute atomic E-state index is 0.265. The standard InChI is InChI=1S/C13H12F3N3O2/c14-13(15,16)20-10-5-1-8(2-6-10)12-18-11(19-21-12)7-17-9-3-4-9/h1-2,5-6,9,17H,3-4,7H2. The first-order valence-corrected chi connectivity index (χ1v) is 6.42. The number of alkyl halides is 3. The number of aromatic nitrogens is 2. The van der Waals surface area contributed by atoms with E-state index < -0.39 is 6.36 Å². The van der Waals surface area contributed by atoms with Crippen LogP contribution in [0.15, 0.2) is 28.8 Å². The number of hydrogen-bond donors (Lipinski definition) is 1. The van der Waals surface area contributed by atoms with Crippen LogP contribution in [-0.2, 0) is 6.54 Å². The average molecular weight is 299 g/mol. The van der Waals surface area contributed by atoms with E-state index in [4.69, 9.17) is 4.52 Å². The summed E-state index contributed by atoms with van der Waals surface area (Å²) in [5.74, 6) is 0.495. The highest BCUT2D eigenvalue weighted by Crippen LogP contribution is 2.26. The van der Waals surface area contributed by atoms with Gasteiger partial charge in [0.05, 0.1) is 6.54 Å². The zero-order valence-corrected chi connectivity index (χ0v) is 10.9. The van der Waals surface area contributed by atoms with Gasteiger partial charge in [0.15, 0.2) is 5.82 Å². The molecule has 1 heterocycles. The molecule has 1 aliphatic rings. The Balaban J connectivity index is 1.65. The predicted octanol–water partition coefficient (Wildman–Crippen LogP) is 2.89. The minimum atomic E-state index is -4.70. The summed E-state index contributed by atoms with van der Waals surface area (Å²) in [4.78, 5) is 4.18. The fourth-order valence-corrected chi connectivity index (χ4v) is 1.77. The van der Waals surface area contributed by atoms with Crippen LogP contribution in [0.25, 0.3) is 11.5 Å². The highest BCUT2D eigenvalue weighted by atomic mass is 19.4. The molecule has 0 atom stereocenters. The third-order valence-corrected chi connectivity index (χ3v) is 2.93. The molecular formula is C13H12F3N3O2. The topological polar surface area (TPSA) is 60.2 Å². The van der Waals surface area contributed by atoms with Crippen LogP contribution >= 0.6 is 0 Å². The van der Waals surface area contributed by atoms with Gasteiger partial charge in [0.2, 0.25) is 0 Å². The molecule has 112 valence electrons. The second-order valence-corrected chi connectivity index (χ2v) is 4.74. The Bertz CT molecular complexity index is 606. The molecule has 21 heavy (non-hydrogen) atoms. The summed E-state index contributed by atoms with van der Waals surface area (Å²) in [5, 5.41) is 7.06. The van der Waals surface area contributed by atoms with Crippen LogP contribution in [0.3, 0.4) is 0 Å². The molecule has 1 aromatic heterocycles. The van der Waals surface area contributed by atoms with Crippen LogP contribution in [0.1, 0.15) is 18.7 Å². The monoisotopic (exact) mass is 299 g/mol. The molecule has 1 aliphatic carbocycles. The van der Waals surface area contributed by atoms with E-state index in [2.05, 4.69) is 20.2 Å². The van der Waals surface area contributed by atoms with Gasteiger partial charge in [-0.15, -0.1) is 13.2 Å². The zero-order chi connectivity index (χ0) is 14.9. The lowest BCUT2D eigenvalue weighted by Gasteiger charge is -2.08. The first-order valence-electron chi connectivity index (χ1n) is 6.42. The van der Waals surface area contributed by atoms with Crippen LogP contribution in [0.5, 0.6) is 5.75 Å². The maximum Gasteiger partial charge on any atom is 0.573 e. The Morgan fingerprint density at radius 3 is 2.57 bits per heavy atom. The molecule has 1 saturated carbocycles. The van der Waals surface area contributed by atoms with E-state index in [0.717, 1.165) is 12.8 Å². The maximum absolute atomic E-state index is 12.1. The summed E-state index contributed by atoms with van der Waals surface area (Å²) >= 11 is 0. The molecule has 1 N–H and O–H groups in total. The van der Waals surface area contributed by atoms with E-state index in [1.54, 1.807) is 0 Å². The summed E-state index contributed by atoms with van der Waals surface area (Å²) in [6.45, 7) is 0.517. The summed E-state index contributed by atoms with van der Waals surface area (Å²) in [7, 11) is 0. The van der Waals surface area contributed by atoms with Gasteiger partial charge >= 0.3 is 6.36 Å². The van der Waals surface area contributed by atoms with E-state index in [0.29, 0.717) is 24.0 Å². The van der Waals surface area contributed by atoms with Crippen LogP contribution in [-0.4, -0.2) is 22.5 Å². The van der Waals surface area contributed by atoms with Gasteiger partial charge in [0.25, 0.3) is 5.89 Å². The van der Waals surface area contributed by atoms with E-state index in [1.807, 2.05) is 0 Å². The quantitative estimate of drug-likeness (QED) is 0.920. The number of hydrogen-bond acceptors (Lipinski definition) is 5. The van der Waals surface area contributed by atoms with Gasteiger partial charge in [0.1, 0.15) is 5.75 Å². The smallest absolute Gasteiger partial charge is 0.406 e. The van der Waals surface area contributed by atoms with Gasteiger partial charge in [-0.05, 0) is 37.1 Å². The van der Waals surface area contributed by atoms with Crippen LogP contribution in [0, 0.1) is 0 Å². The number of rotatable bonds is 5. The Hall–Kier alpha value is -2.09. The van der Waals surface area contributed by atoms with Crippen molar-refractivity contribution in [3.8, 4) is 17.2 Å². The molecule has 5 nitrogen and oxygen atoms in total. The third-order valence-electron chi connectivity index (χ3n) is 2.93. The Labute approximate surface area is 118 Å². The molecule has 0 bridgehead atoms. The second kappa shape index (κ2) is 5.36. The number of nitrogens with one attached hydrogen (secondary N) is 1. The molecule has 0 saturated heterocycles. The number of halogens is 3. The Kier molecular flexibility index (Phi) is 3.54. The van der Waals surface area contributed by atoms with Crippen molar-refractivity contribution in [3.05, 3.63) is 30.1 Å². The largest absolute Gasteiger partial charge is 0.573 e. The van der Waals surface area contributed by atoms with E-state index in [-0.39, 0.29) is 11.6 Å². The normalized spacial score (nSPS) is 15.2. The lowest BCUT2D eigenvalue weighted by Crippen LogP contribution is -2.16. The van der Waals surface area contributed by atoms with Crippen molar-refractivity contribution < 1.29 is 22.4 Å². The maximum atomic E-state index is 12.1. The molecule has 1 fully saturated rings. The SMILES string of the molecule is FC(F)(F)Oc1ccc(-c2nc(CNC3CC3)no2)cc1. The molecule has 2 aromatic rings. The number of ether oxygens (including phenoxy) is 1. The molecule has 0 amide bonds. The second-order valence-electron chi connectivity index (χ2n) is 4.74. The van der Waals surface area contributed by atoms with Gasteiger partial charge in [-0.2, -0.15) is 4.98 Å². The summed E-state index contributed by atoms with van der Waals surface area (Å²) in [6, 6.07) is 5.81. The van der Waals surface area contributed by atoms with Gasteiger partial charge in [-0.1, -0.05) is 5.16 Å². The highest BCUT2D eigenvalue weighted by Gasteiger charge is 2.31.